The molecule has 0 unspecified atom stereocenters. The standard InChI is InChI=1S/C24H25F2N3O3/c1-27-22(31)19-10-15(2-5-20(19)26)14-28-23(32)29-8-6-24(7-9-29)12-16-3-4-17(25)11-18(16)21(30)13-24/h2-5,10-11H,6-9,12-14H2,1H3,(H,27,31)(H,28,32). The van der Waals surface area contributed by atoms with E-state index in [4.69, 9.17) is 0 Å². The number of likely N-dealkylation sites (tertiary alicyclic amines) is 1. The van der Waals surface area contributed by atoms with Crippen molar-refractivity contribution in [3.05, 3.63) is 70.3 Å². The van der Waals surface area contributed by atoms with E-state index in [2.05, 4.69) is 10.6 Å². The molecule has 0 radical (unpaired) electrons. The van der Waals surface area contributed by atoms with Crippen molar-refractivity contribution < 1.29 is 23.2 Å². The second kappa shape index (κ2) is 8.68. The molecule has 0 atom stereocenters. The Kier molecular flexibility index (Phi) is 5.95. The molecule has 0 aromatic heterocycles. The Hall–Kier alpha value is -3.29. The number of amides is 3. The maximum Gasteiger partial charge on any atom is 0.317 e. The van der Waals surface area contributed by atoms with Crippen molar-refractivity contribution in [2.24, 2.45) is 5.41 Å². The monoisotopic (exact) mass is 441 g/mol. The Morgan fingerprint density at radius 1 is 1.06 bits per heavy atom. The van der Waals surface area contributed by atoms with Crippen molar-refractivity contribution in [1.82, 2.24) is 15.5 Å². The Labute approximate surface area is 185 Å². The Morgan fingerprint density at radius 3 is 2.53 bits per heavy atom. The number of hydrogen-bond donors (Lipinski definition) is 2. The fourth-order valence-corrected chi connectivity index (χ4v) is 4.68. The van der Waals surface area contributed by atoms with Crippen LogP contribution >= 0.6 is 0 Å². The molecule has 2 aromatic rings. The lowest BCUT2D eigenvalue weighted by Gasteiger charge is -2.44. The van der Waals surface area contributed by atoms with Crippen LogP contribution in [0.2, 0.25) is 0 Å². The van der Waals surface area contributed by atoms with E-state index in [0.717, 1.165) is 5.56 Å². The zero-order valence-electron chi connectivity index (χ0n) is 17.8. The topological polar surface area (TPSA) is 78.5 Å². The Balaban J connectivity index is 1.35. The van der Waals surface area contributed by atoms with Gasteiger partial charge in [0.2, 0.25) is 0 Å². The van der Waals surface area contributed by atoms with Crippen LogP contribution in [0.4, 0.5) is 13.6 Å². The van der Waals surface area contributed by atoms with E-state index in [9.17, 15) is 23.2 Å². The second-order valence-electron chi connectivity index (χ2n) is 8.62. The van der Waals surface area contributed by atoms with Crippen molar-refractivity contribution in [3.63, 3.8) is 0 Å². The number of ketones is 1. The number of carbonyl (C=O) groups is 3. The van der Waals surface area contributed by atoms with Gasteiger partial charge in [0.15, 0.2) is 5.78 Å². The Morgan fingerprint density at radius 2 is 1.81 bits per heavy atom. The van der Waals surface area contributed by atoms with Gasteiger partial charge < -0.3 is 15.5 Å². The molecule has 0 bridgehead atoms. The minimum atomic E-state index is -0.618. The van der Waals surface area contributed by atoms with Gasteiger partial charge in [0.25, 0.3) is 5.91 Å². The molecular formula is C24H25F2N3O3. The first-order valence-corrected chi connectivity index (χ1v) is 10.7. The number of rotatable bonds is 3. The summed E-state index contributed by atoms with van der Waals surface area (Å²) in [5, 5.41) is 5.21. The number of benzene rings is 2. The van der Waals surface area contributed by atoms with Crippen molar-refractivity contribution in [2.75, 3.05) is 20.1 Å². The Bertz CT molecular complexity index is 1080. The fraction of sp³-hybridized carbons (Fsp3) is 0.375. The summed E-state index contributed by atoms with van der Waals surface area (Å²) in [6.07, 6.45) is 2.47. The molecule has 168 valence electrons. The number of halogens is 2. The third-order valence-electron chi connectivity index (χ3n) is 6.53. The molecule has 4 rings (SSSR count). The van der Waals surface area contributed by atoms with E-state index in [0.29, 0.717) is 49.9 Å². The number of urea groups is 1. The van der Waals surface area contributed by atoms with Gasteiger partial charge >= 0.3 is 6.03 Å². The molecule has 1 aliphatic heterocycles. The lowest BCUT2D eigenvalue weighted by Crippen LogP contribution is -2.49. The third kappa shape index (κ3) is 4.35. The molecule has 8 heteroatoms. The van der Waals surface area contributed by atoms with Crippen molar-refractivity contribution in [2.45, 2.75) is 32.2 Å². The maximum absolute atomic E-state index is 13.8. The summed E-state index contributed by atoms with van der Waals surface area (Å²) in [7, 11) is 1.43. The number of nitrogens with zero attached hydrogens (tertiary/aromatic N) is 1. The summed E-state index contributed by atoms with van der Waals surface area (Å²) in [5.41, 5.74) is 1.71. The van der Waals surface area contributed by atoms with Gasteiger partial charge in [-0.15, -0.1) is 0 Å². The molecule has 2 aliphatic rings. The van der Waals surface area contributed by atoms with E-state index in [-0.39, 0.29) is 29.3 Å². The van der Waals surface area contributed by atoms with Gasteiger partial charge in [-0.2, -0.15) is 0 Å². The molecule has 2 aromatic carbocycles. The highest BCUT2D eigenvalue weighted by Crippen LogP contribution is 2.43. The number of Topliss-reactive ketones (excluding diaryl/α,β-unsaturated/α-hetero) is 1. The van der Waals surface area contributed by atoms with Gasteiger partial charge in [0.1, 0.15) is 11.6 Å². The average molecular weight is 441 g/mol. The molecule has 1 aliphatic carbocycles. The van der Waals surface area contributed by atoms with E-state index < -0.39 is 17.5 Å². The smallest absolute Gasteiger partial charge is 0.317 e. The van der Waals surface area contributed by atoms with Gasteiger partial charge in [0.05, 0.1) is 5.56 Å². The van der Waals surface area contributed by atoms with Crippen LogP contribution in [0.15, 0.2) is 36.4 Å². The molecule has 3 amide bonds. The summed E-state index contributed by atoms with van der Waals surface area (Å²) in [6, 6.07) is 8.32. The largest absolute Gasteiger partial charge is 0.355 e. The van der Waals surface area contributed by atoms with Gasteiger partial charge in [-0.3, -0.25) is 9.59 Å². The second-order valence-corrected chi connectivity index (χ2v) is 8.62. The fourth-order valence-electron chi connectivity index (χ4n) is 4.68. The lowest BCUT2D eigenvalue weighted by molar-refractivity contribution is 0.0735. The third-order valence-corrected chi connectivity index (χ3v) is 6.53. The molecule has 0 saturated carbocycles. The van der Waals surface area contributed by atoms with E-state index in [1.807, 2.05) is 0 Å². The summed E-state index contributed by atoms with van der Waals surface area (Å²) in [5.74, 6) is -1.58. The van der Waals surface area contributed by atoms with E-state index in [1.54, 1.807) is 11.0 Å². The highest BCUT2D eigenvalue weighted by atomic mass is 19.1. The minimum absolute atomic E-state index is 0.0353. The SMILES string of the molecule is CNC(=O)c1cc(CNC(=O)N2CCC3(CC2)CC(=O)c2cc(F)ccc2C3)ccc1F. The van der Waals surface area contributed by atoms with Gasteiger partial charge in [-0.25, -0.2) is 13.6 Å². The first-order valence-electron chi connectivity index (χ1n) is 10.7. The van der Waals surface area contributed by atoms with Crippen LogP contribution in [-0.2, 0) is 13.0 Å². The van der Waals surface area contributed by atoms with Crippen molar-refractivity contribution >= 4 is 17.7 Å². The maximum atomic E-state index is 13.8. The number of fused-ring (bicyclic) bond motifs is 1. The van der Waals surface area contributed by atoms with E-state index >= 15 is 0 Å². The summed E-state index contributed by atoms with van der Waals surface area (Å²) < 4.78 is 27.3. The number of nitrogens with one attached hydrogen (secondary N) is 2. The first-order chi connectivity index (χ1) is 15.3. The molecule has 1 saturated heterocycles. The normalized spacial score (nSPS) is 17.1. The van der Waals surface area contributed by atoms with Crippen LogP contribution in [0.25, 0.3) is 0 Å². The lowest BCUT2D eigenvalue weighted by atomic mass is 9.66. The number of carbonyl (C=O) groups excluding carboxylic acids is 3. The zero-order chi connectivity index (χ0) is 22.9. The van der Waals surface area contributed by atoms with Crippen LogP contribution in [-0.4, -0.2) is 42.8 Å². The minimum Gasteiger partial charge on any atom is -0.355 e. The van der Waals surface area contributed by atoms with Gasteiger partial charge in [-0.1, -0.05) is 12.1 Å². The predicted molar refractivity (Wildman–Crippen MR) is 114 cm³/mol. The first kappa shape index (κ1) is 21.9. The quantitative estimate of drug-likeness (QED) is 0.766. The molecule has 2 N–H and O–H groups in total. The summed E-state index contributed by atoms with van der Waals surface area (Å²) in [4.78, 5) is 38.7. The number of hydrogen-bond acceptors (Lipinski definition) is 3. The summed E-state index contributed by atoms with van der Waals surface area (Å²) in [6.45, 7) is 1.20. The van der Waals surface area contributed by atoms with Crippen LogP contribution in [0.5, 0.6) is 0 Å². The molecule has 6 nitrogen and oxygen atoms in total. The molecule has 1 heterocycles. The molecule has 32 heavy (non-hydrogen) atoms. The average Bonchev–Trinajstić information content (AvgIpc) is 2.79. The highest BCUT2D eigenvalue weighted by molar-refractivity contribution is 5.99. The van der Waals surface area contributed by atoms with Gasteiger partial charge in [0, 0.05) is 38.7 Å². The van der Waals surface area contributed by atoms with Crippen LogP contribution < -0.4 is 10.6 Å². The van der Waals surface area contributed by atoms with Crippen LogP contribution in [0.3, 0.4) is 0 Å². The van der Waals surface area contributed by atoms with Crippen molar-refractivity contribution in [3.8, 4) is 0 Å². The zero-order valence-corrected chi connectivity index (χ0v) is 17.8. The van der Waals surface area contributed by atoms with Gasteiger partial charge in [-0.05, 0) is 60.1 Å². The summed E-state index contributed by atoms with van der Waals surface area (Å²) >= 11 is 0. The molecule has 1 spiro atoms. The van der Waals surface area contributed by atoms with Crippen LogP contribution in [0.1, 0.15) is 51.1 Å². The predicted octanol–water partition coefficient (Wildman–Crippen LogP) is 3.45. The van der Waals surface area contributed by atoms with Crippen LogP contribution in [0, 0.1) is 17.0 Å². The molecular weight excluding hydrogens is 416 g/mol. The number of piperidine rings is 1. The molecule has 1 fully saturated rings. The van der Waals surface area contributed by atoms with Crippen molar-refractivity contribution in [1.29, 1.82) is 0 Å². The highest BCUT2D eigenvalue weighted by Gasteiger charge is 2.41. The van der Waals surface area contributed by atoms with E-state index in [1.165, 1.54) is 37.4 Å².